The van der Waals surface area contributed by atoms with Crippen LogP contribution in [0.15, 0.2) is 48.6 Å². The van der Waals surface area contributed by atoms with Crippen LogP contribution in [0.2, 0.25) is 0 Å². The van der Waals surface area contributed by atoms with E-state index in [0.717, 1.165) is 17.2 Å². The average molecular weight is 365 g/mol. The van der Waals surface area contributed by atoms with Gasteiger partial charge in [-0.1, -0.05) is 17.7 Å². The molecule has 25 heavy (non-hydrogen) atoms. The third-order valence-electron chi connectivity index (χ3n) is 3.82. The Hall–Kier alpha value is -3.04. The van der Waals surface area contributed by atoms with E-state index in [-0.39, 0.29) is 11.3 Å². The van der Waals surface area contributed by atoms with Crippen molar-refractivity contribution >= 4 is 17.3 Å². The number of nitro groups is 1. The maximum absolute atomic E-state index is 11.1. The quantitative estimate of drug-likeness (QED) is 0.251. The summed E-state index contributed by atoms with van der Waals surface area (Å²) in [5.74, 6) is -1.49. The number of alkyl halides is 1. The van der Waals surface area contributed by atoms with Gasteiger partial charge in [0.1, 0.15) is 0 Å². The van der Waals surface area contributed by atoms with Crippen LogP contribution in [0.3, 0.4) is 0 Å². The van der Waals surface area contributed by atoms with E-state index in [2.05, 4.69) is 4.98 Å². The third kappa shape index (κ3) is 2.59. The van der Waals surface area contributed by atoms with Crippen molar-refractivity contribution < 1.29 is 20.3 Å². The van der Waals surface area contributed by atoms with Crippen molar-refractivity contribution in [2.45, 2.75) is 12.0 Å². The van der Waals surface area contributed by atoms with Crippen molar-refractivity contribution in [3.8, 4) is 22.8 Å². The summed E-state index contributed by atoms with van der Waals surface area (Å²) in [6.45, 7) is 1.65. The third-order valence-corrected chi connectivity index (χ3v) is 4.28. The molecule has 9 nitrogen and oxygen atoms in total. The minimum Gasteiger partial charge on any atom is -0.504 e. The highest BCUT2D eigenvalue weighted by Gasteiger charge is 2.37. The second-order valence-corrected chi connectivity index (χ2v) is 5.94. The minimum absolute atomic E-state index is 0.188. The molecule has 0 saturated heterocycles. The molecule has 2 heterocycles. The molecule has 1 aliphatic heterocycles. The number of aromatic hydroxyl groups is 2. The van der Waals surface area contributed by atoms with E-state index in [0.29, 0.717) is 5.70 Å². The number of hydroxylamine groups is 2. The summed E-state index contributed by atoms with van der Waals surface area (Å²) in [4.78, 5) is 14.2. The monoisotopic (exact) mass is 364 g/mol. The lowest BCUT2D eigenvalue weighted by molar-refractivity contribution is -0.385. The maximum Gasteiger partial charge on any atom is 0.315 e. The van der Waals surface area contributed by atoms with Gasteiger partial charge < -0.3 is 10.2 Å². The summed E-state index contributed by atoms with van der Waals surface area (Å²) in [6.07, 6.45) is 7.50. The van der Waals surface area contributed by atoms with Crippen molar-refractivity contribution in [2.24, 2.45) is 0 Å². The zero-order chi connectivity index (χ0) is 18.4. The van der Waals surface area contributed by atoms with Crippen LogP contribution in [0.1, 0.15) is 6.92 Å². The fraction of sp³-hybridized carbons (Fsp3) is 0.133. The molecule has 1 aromatic carbocycles. The normalized spacial score (nSPS) is 19.8. The Labute approximate surface area is 146 Å². The first-order valence-corrected chi connectivity index (χ1v) is 7.41. The van der Waals surface area contributed by atoms with Crippen LogP contribution in [0, 0.1) is 10.1 Å². The van der Waals surface area contributed by atoms with Crippen LogP contribution >= 0.6 is 11.6 Å². The number of phenols is 2. The fourth-order valence-corrected chi connectivity index (χ4v) is 2.87. The Balaban J connectivity index is 2.17. The molecule has 1 atom stereocenters. The van der Waals surface area contributed by atoms with Crippen molar-refractivity contribution in [2.75, 3.05) is 0 Å². The van der Waals surface area contributed by atoms with E-state index >= 15 is 0 Å². The molecule has 0 spiro atoms. The van der Waals surface area contributed by atoms with E-state index in [4.69, 9.17) is 11.6 Å². The molecule has 1 aliphatic rings. The Kier molecular flexibility index (Phi) is 3.90. The molecular weight excluding hydrogens is 352 g/mol. The highest BCUT2D eigenvalue weighted by atomic mass is 35.5. The largest absolute Gasteiger partial charge is 0.504 e. The van der Waals surface area contributed by atoms with E-state index < -0.39 is 27.2 Å². The van der Waals surface area contributed by atoms with Crippen LogP contribution in [0.5, 0.6) is 11.5 Å². The summed E-state index contributed by atoms with van der Waals surface area (Å²) >= 11 is 6.54. The minimum atomic E-state index is -1.55. The summed E-state index contributed by atoms with van der Waals surface area (Å²) in [5, 5.41) is 40.1. The van der Waals surface area contributed by atoms with Crippen molar-refractivity contribution in [3.63, 3.8) is 0 Å². The van der Waals surface area contributed by atoms with Gasteiger partial charge in [0.2, 0.25) is 10.9 Å². The van der Waals surface area contributed by atoms with E-state index in [9.17, 15) is 25.5 Å². The van der Waals surface area contributed by atoms with Gasteiger partial charge in [-0.2, -0.15) is 0 Å². The van der Waals surface area contributed by atoms with Gasteiger partial charge >= 0.3 is 5.69 Å². The van der Waals surface area contributed by atoms with Crippen LogP contribution in [0.25, 0.3) is 11.3 Å². The maximum atomic E-state index is 11.1. The number of benzene rings is 1. The number of imidazole rings is 1. The topological polar surface area (TPSA) is 125 Å². The summed E-state index contributed by atoms with van der Waals surface area (Å²) in [5.41, 5.74) is 0.277. The van der Waals surface area contributed by atoms with Gasteiger partial charge in [0.15, 0.2) is 5.75 Å². The highest BCUT2D eigenvalue weighted by Crippen LogP contribution is 2.42. The zero-order valence-corrected chi connectivity index (χ0v) is 13.6. The van der Waals surface area contributed by atoms with Gasteiger partial charge in [0, 0.05) is 17.3 Å². The number of nitrogens with zero attached hydrogens (tertiary/aromatic N) is 4. The molecular formula is C15H13ClN4O5. The van der Waals surface area contributed by atoms with Gasteiger partial charge in [-0.3, -0.25) is 19.9 Å². The second kappa shape index (κ2) is 5.80. The molecule has 3 rings (SSSR count). The first-order chi connectivity index (χ1) is 11.8. The Morgan fingerprint density at radius 3 is 2.76 bits per heavy atom. The first-order valence-electron chi connectivity index (χ1n) is 7.03. The number of rotatable bonds is 3. The molecule has 3 N–H and O–H groups in total. The fourth-order valence-electron chi connectivity index (χ4n) is 2.53. The summed E-state index contributed by atoms with van der Waals surface area (Å²) in [6, 6.07) is 2.23. The summed E-state index contributed by atoms with van der Waals surface area (Å²) in [7, 11) is 0. The van der Waals surface area contributed by atoms with Gasteiger partial charge in [-0.05, 0) is 25.1 Å². The van der Waals surface area contributed by atoms with Gasteiger partial charge in [0.25, 0.3) is 0 Å². The lowest BCUT2D eigenvalue weighted by Gasteiger charge is -2.37. The van der Waals surface area contributed by atoms with Crippen molar-refractivity contribution in [1.29, 1.82) is 0 Å². The molecule has 0 fully saturated rings. The zero-order valence-electron chi connectivity index (χ0n) is 12.9. The van der Waals surface area contributed by atoms with Gasteiger partial charge in [0.05, 0.1) is 23.1 Å². The Bertz CT molecular complexity index is 923. The van der Waals surface area contributed by atoms with Crippen molar-refractivity contribution in [1.82, 2.24) is 14.6 Å². The van der Waals surface area contributed by atoms with Crippen LogP contribution in [-0.2, 0) is 5.12 Å². The van der Waals surface area contributed by atoms with Crippen LogP contribution < -0.4 is 0 Å². The molecule has 1 unspecified atom stereocenters. The standard InChI is InChI=1S/C15H13ClN4O5/c1-9-3-2-4-15(16,19(9)23)18-8-17-7-12(18)10-5-11(20(24)25)14(22)13(21)6-10/h2-8,21-23H,1H3. The number of hydrogen-bond acceptors (Lipinski definition) is 7. The molecule has 0 bridgehead atoms. The van der Waals surface area contributed by atoms with Gasteiger partial charge in [-0.15, -0.1) is 0 Å². The number of hydrogen-bond donors (Lipinski definition) is 3. The molecule has 0 saturated carbocycles. The lowest BCUT2D eigenvalue weighted by Crippen LogP contribution is -2.43. The predicted molar refractivity (Wildman–Crippen MR) is 88.0 cm³/mol. The lowest BCUT2D eigenvalue weighted by atomic mass is 10.1. The number of allylic oxidation sites excluding steroid dienone is 3. The molecule has 0 aliphatic carbocycles. The van der Waals surface area contributed by atoms with E-state index in [1.54, 1.807) is 19.1 Å². The second-order valence-electron chi connectivity index (χ2n) is 5.38. The van der Waals surface area contributed by atoms with Gasteiger partial charge in [-0.25, -0.2) is 10.0 Å². The summed E-state index contributed by atoms with van der Waals surface area (Å²) < 4.78 is 1.37. The first kappa shape index (κ1) is 16.8. The van der Waals surface area contributed by atoms with Crippen molar-refractivity contribution in [3.05, 3.63) is 58.7 Å². The highest BCUT2D eigenvalue weighted by molar-refractivity contribution is 6.23. The van der Waals surface area contributed by atoms with Crippen LogP contribution in [-0.4, -0.2) is 35.0 Å². The molecule has 10 heteroatoms. The molecule has 0 radical (unpaired) electrons. The van der Waals surface area contributed by atoms with E-state index in [1.165, 1.54) is 23.2 Å². The van der Waals surface area contributed by atoms with E-state index in [1.807, 2.05) is 0 Å². The van der Waals surface area contributed by atoms with Crippen LogP contribution in [0.4, 0.5) is 5.69 Å². The number of nitro benzene ring substituents is 1. The molecule has 0 amide bonds. The Morgan fingerprint density at radius 1 is 1.36 bits per heavy atom. The number of phenolic OH excluding ortho intramolecular Hbond substituents is 2. The number of aromatic nitrogens is 2. The molecule has 2 aromatic rings. The average Bonchev–Trinajstić information content (AvgIpc) is 3.05. The predicted octanol–water partition coefficient (Wildman–Crippen LogP) is 2.88. The smallest absolute Gasteiger partial charge is 0.315 e. The number of halogens is 1. The Morgan fingerprint density at radius 2 is 2.08 bits per heavy atom. The SMILES string of the molecule is CC1=CC=CC(Cl)(n2cncc2-c2cc(O)c(O)c([N+](=O)[O-])c2)N1O. The molecule has 1 aromatic heterocycles. The molecule has 130 valence electrons.